The maximum absolute atomic E-state index is 12.4. The van der Waals surface area contributed by atoms with Crippen molar-refractivity contribution in [3.8, 4) is 0 Å². The lowest BCUT2D eigenvalue weighted by atomic mass is 9.90. The summed E-state index contributed by atoms with van der Waals surface area (Å²) < 4.78 is 16.5. The van der Waals surface area contributed by atoms with Crippen molar-refractivity contribution < 1.29 is 18.7 Å². The van der Waals surface area contributed by atoms with Crippen molar-refractivity contribution in [2.24, 2.45) is 0 Å². The van der Waals surface area contributed by atoms with Crippen molar-refractivity contribution in [3.05, 3.63) is 45.9 Å². The Bertz CT molecular complexity index is 831. The van der Waals surface area contributed by atoms with Crippen molar-refractivity contribution in [1.29, 1.82) is 0 Å². The van der Waals surface area contributed by atoms with Gasteiger partial charge in [-0.1, -0.05) is 0 Å². The summed E-state index contributed by atoms with van der Waals surface area (Å²) in [7, 11) is 1.44. The average Bonchev–Trinajstić information content (AvgIpc) is 2.92. The van der Waals surface area contributed by atoms with Gasteiger partial charge in [0.2, 0.25) is 0 Å². The van der Waals surface area contributed by atoms with Crippen LogP contribution in [0.5, 0.6) is 0 Å². The minimum absolute atomic E-state index is 0.274. The third-order valence-electron chi connectivity index (χ3n) is 5.84. The maximum Gasteiger partial charge on any atom is 0.338 e. The Morgan fingerprint density at radius 3 is 2.68 bits per heavy atom. The van der Waals surface area contributed by atoms with E-state index in [1.165, 1.54) is 7.11 Å². The molecule has 2 aliphatic rings. The highest BCUT2D eigenvalue weighted by atomic mass is 16.5. The van der Waals surface area contributed by atoms with E-state index in [4.69, 9.17) is 18.9 Å². The molecule has 1 atom stereocenters. The molecule has 0 N–H and O–H groups in total. The van der Waals surface area contributed by atoms with E-state index < -0.39 is 0 Å². The number of ether oxygens (including phenoxy) is 2. The molecule has 0 spiro atoms. The average molecular weight is 384 g/mol. The molecule has 150 valence electrons. The van der Waals surface area contributed by atoms with Crippen LogP contribution in [-0.4, -0.2) is 36.3 Å². The Morgan fingerprint density at radius 1 is 1.07 bits per heavy atom. The van der Waals surface area contributed by atoms with Gasteiger partial charge in [-0.25, -0.2) is 9.78 Å². The number of fused-ring (bicyclic) bond motifs is 2. The monoisotopic (exact) mass is 384 g/mol. The number of methoxy groups -OCH3 is 1. The fraction of sp³-hybridized carbons (Fsp3) is 0.591. The van der Waals surface area contributed by atoms with E-state index in [-0.39, 0.29) is 5.97 Å². The standard InChI is InChI=1S/C22H28N2O4/c1-14-23-19-7-3-5-15(6-4-8-21(19)28-14)20-13-17(22(25)26-2)16-9-11-27-12-10-18(16)24-20/h13,15H,3-12H2,1-2H3. The van der Waals surface area contributed by atoms with Crippen LogP contribution < -0.4 is 0 Å². The van der Waals surface area contributed by atoms with E-state index in [1.807, 2.05) is 13.0 Å². The van der Waals surface area contributed by atoms with Crippen LogP contribution >= 0.6 is 0 Å². The zero-order valence-corrected chi connectivity index (χ0v) is 16.8. The van der Waals surface area contributed by atoms with Crippen LogP contribution in [-0.2, 0) is 35.2 Å². The normalized spacial score (nSPS) is 20.1. The van der Waals surface area contributed by atoms with Crippen LogP contribution in [0.15, 0.2) is 10.5 Å². The van der Waals surface area contributed by atoms with Gasteiger partial charge >= 0.3 is 5.97 Å². The van der Waals surface area contributed by atoms with Crippen LogP contribution in [0.3, 0.4) is 0 Å². The second kappa shape index (κ2) is 8.43. The predicted molar refractivity (Wildman–Crippen MR) is 104 cm³/mol. The van der Waals surface area contributed by atoms with Gasteiger partial charge in [-0.05, 0) is 50.2 Å². The lowest BCUT2D eigenvalue weighted by Gasteiger charge is -2.19. The Kier molecular flexibility index (Phi) is 5.76. The molecule has 0 amide bonds. The second-order valence-electron chi connectivity index (χ2n) is 7.71. The zero-order valence-electron chi connectivity index (χ0n) is 16.8. The molecule has 1 unspecified atom stereocenters. The Morgan fingerprint density at radius 2 is 1.86 bits per heavy atom. The molecule has 1 aliphatic heterocycles. The van der Waals surface area contributed by atoms with Gasteiger partial charge in [0.25, 0.3) is 0 Å². The summed E-state index contributed by atoms with van der Waals surface area (Å²) >= 11 is 0. The molecule has 6 nitrogen and oxygen atoms in total. The third-order valence-corrected chi connectivity index (χ3v) is 5.84. The molecule has 0 saturated heterocycles. The number of carbonyl (C=O) groups is 1. The molecule has 6 heteroatoms. The van der Waals surface area contributed by atoms with E-state index in [9.17, 15) is 4.79 Å². The number of aromatic nitrogens is 2. The molecule has 1 aliphatic carbocycles. The van der Waals surface area contributed by atoms with Crippen LogP contribution in [0.1, 0.15) is 76.3 Å². The topological polar surface area (TPSA) is 74.5 Å². The first-order chi connectivity index (χ1) is 13.7. The van der Waals surface area contributed by atoms with Gasteiger partial charge in [0.15, 0.2) is 5.89 Å². The number of oxazole rings is 1. The van der Waals surface area contributed by atoms with Crippen molar-refractivity contribution in [3.63, 3.8) is 0 Å². The van der Waals surface area contributed by atoms with Crippen LogP contribution in [0, 0.1) is 6.92 Å². The van der Waals surface area contributed by atoms with Crippen LogP contribution in [0.25, 0.3) is 0 Å². The molecule has 2 aromatic heterocycles. The smallest absolute Gasteiger partial charge is 0.338 e. The quantitative estimate of drug-likeness (QED) is 0.735. The number of nitrogens with zero attached hydrogens (tertiary/aromatic N) is 2. The Hall–Kier alpha value is -2.21. The first-order valence-corrected chi connectivity index (χ1v) is 10.3. The molecule has 0 bridgehead atoms. The number of hydrogen-bond donors (Lipinski definition) is 0. The fourth-order valence-electron chi connectivity index (χ4n) is 4.45. The summed E-state index contributed by atoms with van der Waals surface area (Å²) in [5.74, 6) is 1.87. The summed E-state index contributed by atoms with van der Waals surface area (Å²) in [5, 5.41) is 0. The number of aryl methyl sites for hydroxylation is 3. The number of pyridine rings is 1. The summed E-state index contributed by atoms with van der Waals surface area (Å²) in [6.07, 6.45) is 7.44. The lowest BCUT2D eigenvalue weighted by Crippen LogP contribution is -2.14. The van der Waals surface area contributed by atoms with Gasteiger partial charge in [-0.3, -0.25) is 4.98 Å². The molecule has 2 aromatic rings. The van der Waals surface area contributed by atoms with Crippen molar-refractivity contribution in [2.75, 3.05) is 20.3 Å². The first kappa shape index (κ1) is 19.1. The molecule has 0 radical (unpaired) electrons. The number of rotatable bonds is 2. The van der Waals surface area contributed by atoms with Gasteiger partial charge in [0.1, 0.15) is 5.76 Å². The summed E-state index contributed by atoms with van der Waals surface area (Å²) in [4.78, 5) is 22.0. The van der Waals surface area contributed by atoms with Crippen molar-refractivity contribution in [1.82, 2.24) is 9.97 Å². The minimum atomic E-state index is -0.274. The summed E-state index contributed by atoms with van der Waals surface area (Å²) in [5.41, 5.74) is 4.79. The van der Waals surface area contributed by atoms with Crippen molar-refractivity contribution >= 4 is 5.97 Å². The van der Waals surface area contributed by atoms with E-state index in [2.05, 4.69) is 4.98 Å². The zero-order chi connectivity index (χ0) is 19.5. The van der Waals surface area contributed by atoms with Crippen LogP contribution in [0.2, 0.25) is 0 Å². The van der Waals surface area contributed by atoms with E-state index in [1.54, 1.807) is 0 Å². The SMILES string of the molecule is COC(=O)c1cc(C2CCCc3nc(C)oc3CCC2)nc2c1CCOCC2. The van der Waals surface area contributed by atoms with Gasteiger partial charge < -0.3 is 13.9 Å². The summed E-state index contributed by atoms with van der Waals surface area (Å²) in [6, 6.07) is 1.97. The van der Waals surface area contributed by atoms with Gasteiger partial charge in [-0.2, -0.15) is 0 Å². The highest BCUT2D eigenvalue weighted by Crippen LogP contribution is 2.32. The van der Waals surface area contributed by atoms with Gasteiger partial charge in [-0.15, -0.1) is 0 Å². The number of carbonyl (C=O) groups excluding carboxylic acids is 1. The second-order valence-corrected chi connectivity index (χ2v) is 7.71. The van der Waals surface area contributed by atoms with Crippen LogP contribution in [0.4, 0.5) is 0 Å². The lowest BCUT2D eigenvalue weighted by molar-refractivity contribution is 0.0598. The maximum atomic E-state index is 12.4. The molecule has 3 heterocycles. The molecule has 0 saturated carbocycles. The largest absolute Gasteiger partial charge is 0.465 e. The molecule has 28 heavy (non-hydrogen) atoms. The first-order valence-electron chi connectivity index (χ1n) is 10.3. The molecule has 0 aromatic carbocycles. The predicted octanol–water partition coefficient (Wildman–Crippen LogP) is 3.72. The number of esters is 1. The Balaban J connectivity index is 1.62. The van der Waals surface area contributed by atoms with Gasteiger partial charge in [0.05, 0.1) is 31.6 Å². The molecule has 0 fully saturated rings. The third kappa shape index (κ3) is 3.97. The van der Waals surface area contributed by atoms with Crippen molar-refractivity contribution in [2.45, 2.75) is 64.2 Å². The summed E-state index contributed by atoms with van der Waals surface area (Å²) in [6.45, 7) is 3.19. The van der Waals surface area contributed by atoms with E-state index in [0.29, 0.717) is 31.1 Å². The van der Waals surface area contributed by atoms with E-state index >= 15 is 0 Å². The van der Waals surface area contributed by atoms with E-state index in [0.717, 1.165) is 79.2 Å². The molecular formula is C22H28N2O4. The number of hydrogen-bond acceptors (Lipinski definition) is 6. The minimum Gasteiger partial charge on any atom is -0.465 e. The Labute approximate surface area is 165 Å². The van der Waals surface area contributed by atoms with Gasteiger partial charge in [0, 0.05) is 37.1 Å². The molecular weight excluding hydrogens is 356 g/mol. The highest BCUT2D eigenvalue weighted by molar-refractivity contribution is 5.91. The molecule has 4 rings (SSSR count). The fourth-order valence-corrected chi connectivity index (χ4v) is 4.45. The highest BCUT2D eigenvalue weighted by Gasteiger charge is 2.24.